The third-order valence-corrected chi connectivity index (χ3v) is 4.66. The van der Waals surface area contributed by atoms with Crippen molar-refractivity contribution in [3.8, 4) is 11.5 Å². The van der Waals surface area contributed by atoms with Crippen molar-refractivity contribution in [1.29, 1.82) is 0 Å². The lowest BCUT2D eigenvalue weighted by atomic mass is 10.1. The summed E-state index contributed by atoms with van der Waals surface area (Å²) in [4.78, 5) is 36.5. The van der Waals surface area contributed by atoms with Crippen LogP contribution in [0.15, 0.2) is 66.7 Å². The molecule has 0 aromatic heterocycles. The molecule has 182 valence electrons. The van der Waals surface area contributed by atoms with E-state index in [9.17, 15) is 27.6 Å². The Morgan fingerprint density at radius 2 is 1.63 bits per heavy atom. The highest BCUT2D eigenvalue weighted by Gasteiger charge is 2.30. The highest BCUT2D eigenvalue weighted by atomic mass is 19.4. The first-order valence-corrected chi connectivity index (χ1v) is 10.1. The van der Waals surface area contributed by atoms with Gasteiger partial charge in [-0.1, -0.05) is 18.2 Å². The number of rotatable bonds is 8. The molecule has 0 saturated carbocycles. The Bertz CT molecular complexity index is 1260. The van der Waals surface area contributed by atoms with E-state index in [1.165, 1.54) is 49.6 Å². The molecule has 0 atom stereocenters. The molecule has 0 unspecified atom stereocenters. The number of hydrogen-bond acceptors (Lipinski definition) is 5. The molecule has 3 aromatic carbocycles. The molecule has 0 saturated heterocycles. The molecule has 0 aliphatic carbocycles. The summed E-state index contributed by atoms with van der Waals surface area (Å²) in [5.74, 6) is -1.62. The lowest BCUT2D eigenvalue weighted by Crippen LogP contribution is -2.20. The Balaban J connectivity index is 1.79. The minimum Gasteiger partial charge on any atom is -0.493 e. The quantitative estimate of drug-likeness (QED) is 0.442. The van der Waals surface area contributed by atoms with Crippen molar-refractivity contribution >= 4 is 29.1 Å². The number of halogens is 3. The first kappa shape index (κ1) is 25.1. The van der Waals surface area contributed by atoms with Gasteiger partial charge in [0, 0.05) is 11.3 Å². The zero-order valence-electron chi connectivity index (χ0n) is 18.3. The van der Waals surface area contributed by atoms with E-state index in [1.807, 2.05) is 0 Å². The Morgan fingerprint density at radius 1 is 0.886 bits per heavy atom. The molecule has 3 amide bonds. The molecular weight excluding hydrogens is 467 g/mol. The van der Waals surface area contributed by atoms with Crippen LogP contribution in [0.3, 0.4) is 0 Å². The third-order valence-electron chi connectivity index (χ3n) is 4.66. The molecule has 0 aliphatic heterocycles. The van der Waals surface area contributed by atoms with Crippen LogP contribution in [0.2, 0.25) is 0 Å². The number of carbonyl (C=O) groups excluding carboxylic acids is 3. The second kappa shape index (κ2) is 10.6. The van der Waals surface area contributed by atoms with Crippen molar-refractivity contribution in [2.24, 2.45) is 5.73 Å². The van der Waals surface area contributed by atoms with Crippen molar-refractivity contribution in [3.63, 3.8) is 0 Å². The minimum absolute atomic E-state index is 0.0339. The van der Waals surface area contributed by atoms with E-state index in [0.717, 1.165) is 12.1 Å². The summed E-state index contributed by atoms with van der Waals surface area (Å²) >= 11 is 0. The summed E-state index contributed by atoms with van der Waals surface area (Å²) in [6.45, 7) is -0.379. The number of nitrogens with two attached hydrogens (primary N) is 1. The Kier molecular flexibility index (Phi) is 7.59. The molecule has 0 aliphatic rings. The number of nitrogens with one attached hydrogen (secondary N) is 2. The maximum absolute atomic E-state index is 13.0. The number of hydrogen-bond donors (Lipinski definition) is 3. The summed E-state index contributed by atoms with van der Waals surface area (Å²) in [6, 6.07) is 14.4. The van der Waals surface area contributed by atoms with Crippen molar-refractivity contribution in [1.82, 2.24) is 0 Å². The molecule has 0 bridgehead atoms. The molecule has 4 N–H and O–H groups in total. The molecule has 35 heavy (non-hydrogen) atoms. The highest BCUT2D eigenvalue weighted by Crippen LogP contribution is 2.31. The Morgan fingerprint density at radius 3 is 2.31 bits per heavy atom. The van der Waals surface area contributed by atoms with Crippen LogP contribution in [-0.4, -0.2) is 31.4 Å². The molecule has 0 fully saturated rings. The molecule has 3 aromatic rings. The van der Waals surface area contributed by atoms with Gasteiger partial charge in [0.25, 0.3) is 17.7 Å². The lowest BCUT2D eigenvalue weighted by molar-refractivity contribution is -0.137. The lowest BCUT2D eigenvalue weighted by Gasteiger charge is -2.14. The fraction of sp³-hybridized carbons (Fsp3) is 0.125. The van der Waals surface area contributed by atoms with Crippen LogP contribution < -0.4 is 25.8 Å². The van der Waals surface area contributed by atoms with E-state index in [-0.39, 0.29) is 40.6 Å². The first-order valence-electron chi connectivity index (χ1n) is 10.1. The van der Waals surface area contributed by atoms with E-state index in [1.54, 1.807) is 12.1 Å². The van der Waals surface area contributed by atoms with Gasteiger partial charge in [-0.25, -0.2) is 0 Å². The number of carbonyl (C=O) groups is 3. The van der Waals surface area contributed by atoms with E-state index < -0.39 is 29.5 Å². The molecule has 0 heterocycles. The van der Waals surface area contributed by atoms with Gasteiger partial charge < -0.3 is 25.8 Å². The second-order valence-corrected chi connectivity index (χ2v) is 7.15. The third kappa shape index (κ3) is 6.50. The van der Waals surface area contributed by atoms with Gasteiger partial charge in [-0.3, -0.25) is 14.4 Å². The summed E-state index contributed by atoms with van der Waals surface area (Å²) in [6.07, 6.45) is -4.56. The number of amides is 3. The van der Waals surface area contributed by atoms with Crippen LogP contribution in [0.5, 0.6) is 11.5 Å². The number of para-hydroxylation sites is 1. The molecule has 3 rings (SSSR count). The van der Waals surface area contributed by atoms with Crippen LogP contribution in [0, 0.1) is 0 Å². The first-order chi connectivity index (χ1) is 16.6. The second-order valence-electron chi connectivity index (χ2n) is 7.15. The largest absolute Gasteiger partial charge is 0.493 e. The molecule has 11 heteroatoms. The van der Waals surface area contributed by atoms with Crippen molar-refractivity contribution in [2.45, 2.75) is 6.18 Å². The summed E-state index contributed by atoms with van der Waals surface area (Å²) < 4.78 is 49.3. The summed E-state index contributed by atoms with van der Waals surface area (Å²) in [7, 11) is 1.35. The van der Waals surface area contributed by atoms with Gasteiger partial charge in [0.05, 0.1) is 23.9 Å². The maximum atomic E-state index is 13.0. The van der Waals surface area contributed by atoms with Gasteiger partial charge in [0.1, 0.15) is 0 Å². The average Bonchev–Trinajstić information content (AvgIpc) is 2.82. The number of benzene rings is 3. The van der Waals surface area contributed by atoms with Crippen molar-refractivity contribution < 1.29 is 37.0 Å². The topological polar surface area (TPSA) is 120 Å². The molecular formula is C24H20F3N3O5. The van der Waals surface area contributed by atoms with Crippen LogP contribution in [0.25, 0.3) is 0 Å². The fourth-order valence-electron chi connectivity index (χ4n) is 3.03. The van der Waals surface area contributed by atoms with E-state index in [4.69, 9.17) is 15.2 Å². The summed E-state index contributed by atoms with van der Waals surface area (Å²) in [5.41, 5.74) is 4.42. The minimum atomic E-state index is -4.56. The van der Waals surface area contributed by atoms with Crippen LogP contribution in [0.1, 0.15) is 26.3 Å². The predicted molar refractivity (Wildman–Crippen MR) is 121 cm³/mol. The average molecular weight is 487 g/mol. The van der Waals surface area contributed by atoms with Crippen LogP contribution in [0.4, 0.5) is 24.5 Å². The van der Waals surface area contributed by atoms with Gasteiger partial charge in [-0.2, -0.15) is 13.2 Å². The van der Waals surface area contributed by atoms with Crippen molar-refractivity contribution in [2.75, 3.05) is 24.4 Å². The predicted octanol–water partition coefficient (Wildman–Crippen LogP) is 4.08. The molecule has 0 spiro atoms. The normalized spacial score (nSPS) is 10.9. The number of methoxy groups -OCH3 is 1. The van der Waals surface area contributed by atoms with E-state index >= 15 is 0 Å². The van der Waals surface area contributed by atoms with Crippen molar-refractivity contribution in [3.05, 3.63) is 83.4 Å². The standard InChI is InChI=1S/C24H20F3N3O5/c1-34-20-11-14(9-10-19(20)35-13-21(28)31)22(32)30-18-8-3-2-7-17(18)23(33)29-16-6-4-5-15(12-16)24(25,26)27/h2-12H,13H2,1H3,(H2,28,31)(H,29,33)(H,30,32). The van der Waals surface area contributed by atoms with Gasteiger partial charge in [-0.05, 0) is 48.5 Å². The number of anilines is 2. The van der Waals surface area contributed by atoms with Gasteiger partial charge in [0.15, 0.2) is 18.1 Å². The maximum Gasteiger partial charge on any atom is 0.416 e. The van der Waals surface area contributed by atoms with Crippen LogP contribution >= 0.6 is 0 Å². The van der Waals surface area contributed by atoms with E-state index in [0.29, 0.717) is 0 Å². The van der Waals surface area contributed by atoms with Gasteiger partial charge in [-0.15, -0.1) is 0 Å². The molecule has 0 radical (unpaired) electrons. The summed E-state index contributed by atoms with van der Waals surface area (Å²) in [5, 5.41) is 5.01. The smallest absolute Gasteiger partial charge is 0.416 e. The monoisotopic (exact) mass is 487 g/mol. The number of primary amides is 1. The fourth-order valence-corrected chi connectivity index (χ4v) is 3.03. The van der Waals surface area contributed by atoms with E-state index in [2.05, 4.69) is 10.6 Å². The zero-order chi connectivity index (χ0) is 25.6. The van der Waals surface area contributed by atoms with Crippen LogP contribution in [-0.2, 0) is 11.0 Å². The Hall–Kier alpha value is -4.54. The SMILES string of the molecule is COc1cc(C(=O)Nc2ccccc2C(=O)Nc2cccc(C(F)(F)F)c2)ccc1OCC(N)=O. The molecule has 8 nitrogen and oxygen atoms in total. The number of ether oxygens (including phenoxy) is 2. The zero-order valence-corrected chi connectivity index (χ0v) is 18.3. The van der Waals surface area contributed by atoms with Gasteiger partial charge in [0.2, 0.25) is 0 Å². The Labute approximate surface area is 197 Å². The highest BCUT2D eigenvalue weighted by molar-refractivity contribution is 6.12. The number of alkyl halides is 3. The van der Waals surface area contributed by atoms with Gasteiger partial charge >= 0.3 is 6.18 Å².